The number of aliphatic hydroxyl groups is 2. The van der Waals surface area contributed by atoms with E-state index in [1.807, 2.05) is 6.92 Å². The molecule has 0 aromatic rings. The maximum absolute atomic E-state index is 9.89. The minimum Gasteiger partial charge on any atom is -0.393 e. The minimum atomic E-state index is -0.387. The summed E-state index contributed by atoms with van der Waals surface area (Å²) in [5.41, 5.74) is 3.03. The predicted octanol–water partition coefficient (Wildman–Crippen LogP) is 4.45. The summed E-state index contributed by atoms with van der Waals surface area (Å²) in [6, 6.07) is 0. The molecule has 0 radical (unpaired) electrons. The molecule has 3 saturated carbocycles. The highest BCUT2D eigenvalue weighted by Gasteiger charge is 2.38. The Labute approximate surface area is 181 Å². The summed E-state index contributed by atoms with van der Waals surface area (Å²) in [7, 11) is 0. The molecular weight excluding hydrogens is 376 g/mol. The van der Waals surface area contributed by atoms with E-state index in [2.05, 4.69) is 24.0 Å². The second-order valence-corrected chi connectivity index (χ2v) is 10.3. The van der Waals surface area contributed by atoms with E-state index in [4.69, 9.17) is 9.47 Å². The molecule has 0 bridgehead atoms. The van der Waals surface area contributed by atoms with Gasteiger partial charge in [-0.1, -0.05) is 35.1 Å². The summed E-state index contributed by atoms with van der Waals surface area (Å²) in [6.45, 7) is 3.53. The van der Waals surface area contributed by atoms with Crippen LogP contribution >= 0.6 is 0 Å². The van der Waals surface area contributed by atoms with Gasteiger partial charge in [-0.05, 0) is 83.0 Å². The zero-order valence-electron chi connectivity index (χ0n) is 18.5. The number of rotatable bonds is 4. The van der Waals surface area contributed by atoms with Crippen molar-refractivity contribution in [2.24, 2.45) is 5.41 Å². The van der Waals surface area contributed by atoms with Crippen LogP contribution in [0.5, 0.6) is 0 Å². The van der Waals surface area contributed by atoms with Crippen molar-refractivity contribution < 1.29 is 19.7 Å². The Morgan fingerprint density at radius 2 is 1.80 bits per heavy atom. The average Bonchev–Trinajstić information content (AvgIpc) is 3.45. The molecule has 4 rings (SSSR count). The van der Waals surface area contributed by atoms with Crippen LogP contribution < -0.4 is 0 Å². The van der Waals surface area contributed by atoms with Crippen LogP contribution in [0.4, 0.5) is 0 Å². The molecule has 1 heterocycles. The van der Waals surface area contributed by atoms with Gasteiger partial charge >= 0.3 is 0 Å². The Morgan fingerprint density at radius 3 is 2.50 bits per heavy atom. The maximum Gasteiger partial charge on any atom is 0.149 e. The first-order valence-electron chi connectivity index (χ1n) is 11.9. The molecule has 4 nitrogen and oxygen atoms in total. The molecule has 3 atom stereocenters. The molecule has 2 N–H and O–H groups in total. The lowest BCUT2D eigenvalue weighted by Crippen LogP contribution is -2.33. The Morgan fingerprint density at radius 1 is 1.10 bits per heavy atom. The number of ether oxygens (including phenoxy) is 2. The molecule has 0 amide bonds. The summed E-state index contributed by atoms with van der Waals surface area (Å²) < 4.78 is 11.4. The van der Waals surface area contributed by atoms with Crippen molar-refractivity contribution in [2.45, 2.75) is 108 Å². The van der Waals surface area contributed by atoms with Gasteiger partial charge in [0.25, 0.3) is 0 Å². The van der Waals surface area contributed by atoms with Crippen LogP contribution in [-0.2, 0) is 9.47 Å². The highest BCUT2D eigenvalue weighted by atomic mass is 16.6. The molecule has 4 aliphatic rings. The van der Waals surface area contributed by atoms with E-state index in [0.29, 0.717) is 30.8 Å². The van der Waals surface area contributed by atoms with E-state index in [1.165, 1.54) is 56.9 Å². The summed E-state index contributed by atoms with van der Waals surface area (Å²) in [6.07, 6.45) is 16.7. The highest BCUT2D eigenvalue weighted by Crippen LogP contribution is 2.49. The van der Waals surface area contributed by atoms with Gasteiger partial charge in [-0.25, -0.2) is 0 Å². The third-order valence-electron chi connectivity index (χ3n) is 7.41. The minimum absolute atomic E-state index is 0.171. The third-order valence-corrected chi connectivity index (χ3v) is 7.41. The number of hydrogen-bond donors (Lipinski definition) is 2. The van der Waals surface area contributed by atoms with Gasteiger partial charge in [0.05, 0.1) is 31.5 Å². The largest absolute Gasteiger partial charge is 0.393 e. The zero-order valence-corrected chi connectivity index (χ0v) is 18.5. The lowest BCUT2D eigenvalue weighted by molar-refractivity contribution is -0.00689. The normalized spacial score (nSPS) is 40.2. The van der Waals surface area contributed by atoms with Crippen LogP contribution in [-0.4, -0.2) is 47.3 Å². The topological polar surface area (TPSA) is 62.2 Å². The van der Waals surface area contributed by atoms with Crippen molar-refractivity contribution in [1.29, 1.82) is 0 Å². The summed E-state index contributed by atoms with van der Waals surface area (Å²) in [5.74, 6) is 6.36. The molecule has 0 aromatic carbocycles. The van der Waals surface area contributed by atoms with Gasteiger partial charge in [-0.3, -0.25) is 0 Å². The average molecular weight is 415 g/mol. The van der Waals surface area contributed by atoms with Gasteiger partial charge in [-0.2, -0.15) is 0 Å². The highest BCUT2D eigenvalue weighted by molar-refractivity contribution is 5.22. The standard InChI is InChI=1S/C26H38O4/c1-25(19-30-25)10-2-3-14-29-24-8-12-26(13-9-24)11-4-5-20(18-26)6-7-21-15-22(27)17-23(28)16-21/h6-7,22-24,27-28H,3-5,8-9,11-19H2,1H3/b20-6+/t22-,23-,24?,25?,26?/m1/s1. The van der Waals surface area contributed by atoms with Crippen LogP contribution in [0.15, 0.2) is 23.3 Å². The first-order chi connectivity index (χ1) is 14.4. The van der Waals surface area contributed by atoms with E-state index in [0.717, 1.165) is 19.6 Å². The SMILES string of the molecule is CC1(C#CCCOC2CCC3(CCC/C(=C\C=C4C[C@@H](O)C[C@H](O)C4)C3)CC2)CO1. The van der Waals surface area contributed by atoms with Crippen LogP contribution in [0.2, 0.25) is 0 Å². The van der Waals surface area contributed by atoms with Crippen molar-refractivity contribution in [3.05, 3.63) is 23.3 Å². The smallest absolute Gasteiger partial charge is 0.149 e. The van der Waals surface area contributed by atoms with Crippen molar-refractivity contribution in [3.8, 4) is 11.8 Å². The van der Waals surface area contributed by atoms with Crippen LogP contribution in [0, 0.1) is 17.3 Å². The van der Waals surface area contributed by atoms with E-state index < -0.39 is 0 Å². The fourth-order valence-corrected chi connectivity index (χ4v) is 5.54. The number of aliphatic hydroxyl groups excluding tert-OH is 2. The zero-order chi connectivity index (χ0) is 21.0. The van der Waals surface area contributed by atoms with Crippen LogP contribution in [0.1, 0.15) is 84.0 Å². The second-order valence-electron chi connectivity index (χ2n) is 10.3. The van der Waals surface area contributed by atoms with Gasteiger partial charge < -0.3 is 19.7 Å². The van der Waals surface area contributed by atoms with E-state index in [1.54, 1.807) is 5.57 Å². The lowest BCUT2D eigenvalue weighted by Gasteiger charge is -2.43. The molecule has 1 spiro atoms. The lowest BCUT2D eigenvalue weighted by atomic mass is 9.63. The fourth-order valence-electron chi connectivity index (χ4n) is 5.54. The van der Waals surface area contributed by atoms with E-state index >= 15 is 0 Å². The monoisotopic (exact) mass is 414 g/mol. The first kappa shape index (κ1) is 22.1. The molecule has 166 valence electrons. The molecule has 3 aliphatic carbocycles. The molecule has 4 heteroatoms. The molecule has 0 aromatic heterocycles. The van der Waals surface area contributed by atoms with Gasteiger partial charge in [0.1, 0.15) is 5.60 Å². The van der Waals surface area contributed by atoms with Crippen LogP contribution in [0.25, 0.3) is 0 Å². The Hall–Kier alpha value is -1.12. The quantitative estimate of drug-likeness (QED) is 0.405. The molecular formula is C26H38O4. The fraction of sp³-hybridized carbons (Fsp3) is 0.769. The van der Waals surface area contributed by atoms with E-state index in [9.17, 15) is 10.2 Å². The summed E-state index contributed by atoms with van der Waals surface area (Å²) >= 11 is 0. The van der Waals surface area contributed by atoms with Gasteiger partial charge in [0.2, 0.25) is 0 Å². The molecule has 1 unspecified atom stereocenters. The van der Waals surface area contributed by atoms with E-state index in [-0.39, 0.29) is 17.8 Å². The predicted molar refractivity (Wildman–Crippen MR) is 118 cm³/mol. The third kappa shape index (κ3) is 6.20. The molecule has 4 fully saturated rings. The van der Waals surface area contributed by atoms with Gasteiger partial charge in [0, 0.05) is 6.42 Å². The number of hydrogen-bond acceptors (Lipinski definition) is 4. The van der Waals surface area contributed by atoms with Gasteiger partial charge in [0.15, 0.2) is 0 Å². The second kappa shape index (κ2) is 9.57. The number of epoxide rings is 1. The molecule has 1 saturated heterocycles. The van der Waals surface area contributed by atoms with Crippen molar-refractivity contribution in [1.82, 2.24) is 0 Å². The molecule has 30 heavy (non-hydrogen) atoms. The maximum atomic E-state index is 9.89. The van der Waals surface area contributed by atoms with Crippen molar-refractivity contribution >= 4 is 0 Å². The van der Waals surface area contributed by atoms with Gasteiger partial charge in [-0.15, -0.1) is 0 Å². The Kier molecular flexibility index (Phi) is 7.05. The first-order valence-corrected chi connectivity index (χ1v) is 11.9. The summed E-state index contributed by atoms with van der Waals surface area (Å²) in [4.78, 5) is 0. The Balaban J connectivity index is 1.22. The van der Waals surface area contributed by atoms with Crippen molar-refractivity contribution in [2.75, 3.05) is 13.2 Å². The van der Waals surface area contributed by atoms with Crippen molar-refractivity contribution in [3.63, 3.8) is 0 Å². The molecule has 1 aliphatic heterocycles. The van der Waals surface area contributed by atoms with Crippen LogP contribution in [0.3, 0.4) is 0 Å². The summed E-state index contributed by atoms with van der Waals surface area (Å²) in [5, 5.41) is 19.8. The Bertz CT molecular complexity index is 701. The number of allylic oxidation sites excluding steroid dienone is 3.